The number of urea groups is 1. The summed E-state index contributed by atoms with van der Waals surface area (Å²) in [6, 6.07) is 14.2. The predicted molar refractivity (Wildman–Crippen MR) is 159 cm³/mol. The number of hydrogen-bond acceptors (Lipinski definition) is 6. The lowest BCUT2D eigenvalue weighted by Gasteiger charge is -2.21. The Labute approximate surface area is 266 Å². The smallest absolute Gasteiger partial charge is 0.406 e. The van der Waals surface area contributed by atoms with Crippen LogP contribution in [0.3, 0.4) is 0 Å². The van der Waals surface area contributed by atoms with Crippen LogP contribution in [0.15, 0.2) is 78.0 Å². The van der Waals surface area contributed by atoms with Crippen molar-refractivity contribution in [2.75, 3.05) is 17.2 Å². The Morgan fingerprint density at radius 2 is 1.74 bits per heavy atom. The Balaban J connectivity index is 1.21. The standard InChI is InChI=1S/C30H23F7N6O3S/c1-17-2-3-20(13-29(32,33)34)24(12-17)43-25(44)15-47-28(43)40-27(45)38-14-23(31)18-4-6-19(7-5-18)26-39-16-42(41-26)21-8-10-22(11-9-21)46-30(35,36)37/h2-12,16,23H,13-15H2,1H3,(H,38,45)/b40-28-. The largest absolute Gasteiger partial charge is 0.573 e. The van der Waals surface area contributed by atoms with Gasteiger partial charge in [0.15, 0.2) is 11.0 Å². The molecule has 47 heavy (non-hydrogen) atoms. The Bertz CT molecular complexity index is 1790. The summed E-state index contributed by atoms with van der Waals surface area (Å²) >= 11 is 0.878. The monoisotopic (exact) mass is 680 g/mol. The van der Waals surface area contributed by atoms with Gasteiger partial charge in [-0.1, -0.05) is 48.2 Å². The first-order valence-electron chi connectivity index (χ1n) is 13.7. The number of aromatic nitrogens is 3. The first-order valence-corrected chi connectivity index (χ1v) is 14.6. The fourth-order valence-corrected chi connectivity index (χ4v) is 5.37. The molecule has 246 valence electrons. The summed E-state index contributed by atoms with van der Waals surface area (Å²) in [7, 11) is 0. The predicted octanol–water partition coefficient (Wildman–Crippen LogP) is 7.10. The highest BCUT2D eigenvalue weighted by atomic mass is 32.2. The van der Waals surface area contributed by atoms with E-state index in [1.165, 1.54) is 53.5 Å². The van der Waals surface area contributed by atoms with Crippen molar-refractivity contribution in [3.8, 4) is 22.8 Å². The van der Waals surface area contributed by atoms with E-state index in [1.807, 2.05) is 0 Å². The van der Waals surface area contributed by atoms with Crippen LogP contribution in [0, 0.1) is 6.92 Å². The fraction of sp³-hybridized carbons (Fsp3) is 0.233. The van der Waals surface area contributed by atoms with Crippen molar-refractivity contribution in [3.63, 3.8) is 0 Å². The molecule has 4 aromatic rings. The summed E-state index contributed by atoms with van der Waals surface area (Å²) in [6.07, 6.45) is -10.9. The molecule has 1 aliphatic heterocycles. The van der Waals surface area contributed by atoms with Crippen LogP contribution in [-0.2, 0) is 11.2 Å². The van der Waals surface area contributed by atoms with E-state index >= 15 is 4.39 Å². The highest BCUT2D eigenvalue weighted by Crippen LogP contribution is 2.34. The third kappa shape index (κ3) is 8.66. The Hall–Kier alpha value is -4.93. The molecule has 1 aromatic heterocycles. The molecule has 0 spiro atoms. The third-order valence-electron chi connectivity index (χ3n) is 6.62. The van der Waals surface area contributed by atoms with Crippen molar-refractivity contribution in [2.24, 2.45) is 4.99 Å². The number of amides is 3. The molecule has 1 aliphatic rings. The van der Waals surface area contributed by atoms with Gasteiger partial charge >= 0.3 is 18.6 Å². The molecule has 0 radical (unpaired) electrons. The van der Waals surface area contributed by atoms with Crippen molar-refractivity contribution < 1.29 is 45.1 Å². The topological polar surface area (TPSA) is 102 Å². The minimum atomic E-state index is -4.82. The third-order valence-corrected chi connectivity index (χ3v) is 7.55. The number of anilines is 1. The summed E-state index contributed by atoms with van der Waals surface area (Å²) in [4.78, 5) is 34.1. The van der Waals surface area contributed by atoms with Crippen LogP contribution in [0.1, 0.15) is 22.9 Å². The second kappa shape index (κ2) is 13.4. The Morgan fingerprint density at radius 1 is 1.04 bits per heavy atom. The number of thioether (sulfide) groups is 1. The number of carbonyl (C=O) groups excluding carboxylic acids is 2. The molecule has 1 fully saturated rings. The van der Waals surface area contributed by atoms with Gasteiger partial charge in [0.05, 0.1) is 30.1 Å². The van der Waals surface area contributed by atoms with Gasteiger partial charge in [-0.15, -0.1) is 18.3 Å². The number of aryl methyl sites for hydroxylation is 1. The highest BCUT2D eigenvalue weighted by molar-refractivity contribution is 8.15. The maximum Gasteiger partial charge on any atom is 0.573 e. The lowest BCUT2D eigenvalue weighted by atomic mass is 10.1. The molecule has 0 aliphatic carbocycles. The van der Waals surface area contributed by atoms with Crippen molar-refractivity contribution in [2.45, 2.75) is 32.1 Å². The van der Waals surface area contributed by atoms with Gasteiger partial charge in [0.25, 0.3) is 0 Å². The second-order valence-electron chi connectivity index (χ2n) is 10.2. The van der Waals surface area contributed by atoms with Crippen LogP contribution in [0.5, 0.6) is 5.75 Å². The van der Waals surface area contributed by atoms with Crippen LogP contribution in [0.2, 0.25) is 0 Å². The number of nitrogens with one attached hydrogen (secondary N) is 1. The Morgan fingerprint density at radius 3 is 2.40 bits per heavy atom. The molecule has 1 atom stereocenters. The summed E-state index contributed by atoms with van der Waals surface area (Å²) in [5.74, 6) is -0.824. The van der Waals surface area contributed by atoms with Gasteiger partial charge in [-0.2, -0.15) is 18.2 Å². The zero-order valence-corrected chi connectivity index (χ0v) is 25.0. The zero-order chi connectivity index (χ0) is 33.9. The lowest BCUT2D eigenvalue weighted by molar-refractivity contribution is -0.274. The Kier molecular flexibility index (Phi) is 9.55. The molecule has 5 rings (SSSR count). The van der Waals surface area contributed by atoms with Crippen molar-refractivity contribution in [1.82, 2.24) is 20.1 Å². The first-order chi connectivity index (χ1) is 22.1. The summed E-state index contributed by atoms with van der Waals surface area (Å²) in [5.41, 5.74) is 1.54. The summed E-state index contributed by atoms with van der Waals surface area (Å²) in [5, 5.41) is 6.48. The average Bonchev–Trinajstić information content (AvgIpc) is 3.63. The normalized spacial score (nSPS) is 15.3. The quantitative estimate of drug-likeness (QED) is 0.199. The minimum absolute atomic E-state index is 0.0277. The van der Waals surface area contributed by atoms with Crippen LogP contribution in [0.4, 0.5) is 41.2 Å². The highest BCUT2D eigenvalue weighted by Gasteiger charge is 2.35. The molecule has 3 aromatic carbocycles. The zero-order valence-electron chi connectivity index (χ0n) is 24.1. The van der Waals surface area contributed by atoms with E-state index in [0.29, 0.717) is 16.8 Å². The first kappa shape index (κ1) is 33.4. The molecule has 1 saturated heterocycles. The molecule has 9 nitrogen and oxygen atoms in total. The number of alkyl halides is 7. The average molecular weight is 681 g/mol. The number of benzene rings is 3. The number of nitrogens with zero attached hydrogens (tertiary/aromatic N) is 5. The minimum Gasteiger partial charge on any atom is -0.406 e. The molecule has 0 saturated carbocycles. The van der Waals surface area contributed by atoms with Gasteiger partial charge in [-0.3, -0.25) is 9.69 Å². The fourth-order valence-electron chi connectivity index (χ4n) is 4.51. The van der Waals surface area contributed by atoms with E-state index in [4.69, 9.17) is 0 Å². The van der Waals surface area contributed by atoms with Crippen LogP contribution in [0.25, 0.3) is 17.1 Å². The van der Waals surface area contributed by atoms with Gasteiger partial charge in [0.1, 0.15) is 18.2 Å². The second-order valence-corrected chi connectivity index (χ2v) is 11.1. The van der Waals surface area contributed by atoms with E-state index < -0.39 is 49.4 Å². The van der Waals surface area contributed by atoms with Crippen molar-refractivity contribution >= 4 is 34.6 Å². The molecule has 17 heteroatoms. The van der Waals surface area contributed by atoms with E-state index in [2.05, 4.69) is 25.1 Å². The number of carbonyl (C=O) groups is 2. The van der Waals surface area contributed by atoms with E-state index in [1.54, 1.807) is 19.1 Å². The molecule has 0 bridgehead atoms. The summed E-state index contributed by atoms with van der Waals surface area (Å²) < 4.78 is 96.9. The number of ether oxygens (including phenoxy) is 1. The lowest BCUT2D eigenvalue weighted by Crippen LogP contribution is -2.33. The van der Waals surface area contributed by atoms with E-state index in [9.17, 15) is 35.9 Å². The molecule has 2 heterocycles. The number of rotatable bonds is 8. The molecule has 1 unspecified atom stereocenters. The SMILES string of the molecule is Cc1ccc(CC(F)(F)F)c(N2C(=O)CS/C2=N\C(=O)NCC(F)c2ccc(-c3ncn(-c4ccc(OC(F)(F)F)cc4)n3)cc2)c1. The van der Waals surface area contributed by atoms with Crippen LogP contribution in [-0.4, -0.2) is 56.7 Å². The summed E-state index contributed by atoms with van der Waals surface area (Å²) in [6.45, 7) is 1.16. The number of hydrogen-bond donors (Lipinski definition) is 1. The van der Waals surface area contributed by atoms with Gasteiger partial charge in [0.2, 0.25) is 5.91 Å². The maximum atomic E-state index is 15.0. The molecule has 1 N–H and O–H groups in total. The maximum absolute atomic E-state index is 15.0. The molecular weight excluding hydrogens is 657 g/mol. The number of amidine groups is 1. The van der Waals surface area contributed by atoms with E-state index in [-0.39, 0.29) is 33.6 Å². The van der Waals surface area contributed by atoms with Gasteiger partial charge in [-0.05, 0) is 53.9 Å². The van der Waals surface area contributed by atoms with Gasteiger partial charge < -0.3 is 10.1 Å². The number of aliphatic imine (C=N–C) groups is 1. The van der Waals surface area contributed by atoms with Crippen LogP contribution >= 0.6 is 11.8 Å². The molecule has 3 amide bonds. The van der Waals surface area contributed by atoms with Gasteiger partial charge in [-0.25, -0.2) is 18.9 Å². The molecular formula is C30H23F7N6O3S. The van der Waals surface area contributed by atoms with Crippen molar-refractivity contribution in [1.29, 1.82) is 0 Å². The van der Waals surface area contributed by atoms with Crippen LogP contribution < -0.4 is 15.0 Å². The number of halogens is 7. The van der Waals surface area contributed by atoms with E-state index in [0.717, 1.165) is 28.8 Å². The van der Waals surface area contributed by atoms with Crippen molar-refractivity contribution in [3.05, 3.63) is 89.7 Å². The van der Waals surface area contributed by atoms with Gasteiger partial charge in [0, 0.05) is 5.56 Å².